The maximum absolute atomic E-state index is 12.9. The van der Waals surface area contributed by atoms with Crippen LogP contribution in [0, 0.1) is 0 Å². The molecule has 0 aliphatic rings. The third-order valence-electron chi connectivity index (χ3n) is 4.21. The molecule has 0 spiro atoms. The average molecular weight is 375 g/mol. The Morgan fingerprint density at radius 2 is 1.62 bits per heavy atom. The Kier molecular flexibility index (Phi) is 6.90. The molecule has 0 aliphatic heterocycles. The predicted octanol–water partition coefficient (Wildman–Crippen LogP) is 1.86. The van der Waals surface area contributed by atoms with Crippen molar-refractivity contribution in [2.75, 3.05) is 31.6 Å². The number of carbonyl (C=O) groups excluding carboxylic acids is 1. The summed E-state index contributed by atoms with van der Waals surface area (Å²) in [5, 5.41) is 0. The van der Waals surface area contributed by atoms with Crippen LogP contribution in [0.1, 0.15) is 12.5 Å². The number of nitrogens with zero attached hydrogens (tertiary/aromatic N) is 2. The molecule has 7 heteroatoms. The van der Waals surface area contributed by atoms with E-state index in [0.29, 0.717) is 18.7 Å². The van der Waals surface area contributed by atoms with E-state index in [1.807, 2.05) is 30.3 Å². The van der Waals surface area contributed by atoms with Crippen LogP contribution in [-0.4, -0.2) is 45.3 Å². The number of sulfonamides is 1. The molecule has 0 saturated heterocycles. The fourth-order valence-corrected chi connectivity index (χ4v) is 4.02. The van der Waals surface area contributed by atoms with Gasteiger partial charge in [0.15, 0.2) is 0 Å². The molecule has 2 N–H and O–H groups in total. The number of hydrogen-bond acceptors (Lipinski definition) is 4. The van der Waals surface area contributed by atoms with Gasteiger partial charge in [0.25, 0.3) is 0 Å². The van der Waals surface area contributed by atoms with E-state index < -0.39 is 10.0 Å². The highest BCUT2D eigenvalue weighted by atomic mass is 32.2. The Morgan fingerprint density at radius 1 is 1.00 bits per heavy atom. The average Bonchev–Trinajstić information content (AvgIpc) is 2.65. The van der Waals surface area contributed by atoms with Gasteiger partial charge in [-0.2, -0.15) is 4.31 Å². The van der Waals surface area contributed by atoms with E-state index in [0.717, 1.165) is 5.56 Å². The fourth-order valence-electron chi connectivity index (χ4n) is 2.57. The zero-order chi connectivity index (χ0) is 19.2. The predicted molar refractivity (Wildman–Crippen MR) is 103 cm³/mol. The van der Waals surface area contributed by atoms with Crippen molar-refractivity contribution in [2.24, 2.45) is 5.73 Å². The van der Waals surface area contributed by atoms with E-state index in [9.17, 15) is 13.2 Å². The Morgan fingerprint density at radius 3 is 2.15 bits per heavy atom. The zero-order valence-corrected chi connectivity index (χ0v) is 15.9. The zero-order valence-electron chi connectivity index (χ0n) is 15.1. The van der Waals surface area contributed by atoms with Gasteiger partial charge in [0.1, 0.15) is 0 Å². The molecule has 0 radical (unpaired) electrons. The van der Waals surface area contributed by atoms with Crippen LogP contribution in [0.25, 0.3) is 0 Å². The van der Waals surface area contributed by atoms with Gasteiger partial charge in [-0.1, -0.05) is 30.3 Å². The summed E-state index contributed by atoms with van der Waals surface area (Å²) in [6.07, 6.45) is 0.616. The van der Waals surface area contributed by atoms with Crippen molar-refractivity contribution in [2.45, 2.75) is 18.2 Å². The lowest BCUT2D eigenvalue weighted by Gasteiger charge is -2.22. The van der Waals surface area contributed by atoms with Crippen LogP contribution < -0.4 is 10.6 Å². The van der Waals surface area contributed by atoms with Crippen LogP contribution in [0.2, 0.25) is 0 Å². The first-order chi connectivity index (χ1) is 12.4. The maximum Gasteiger partial charge on any atom is 0.243 e. The summed E-state index contributed by atoms with van der Waals surface area (Å²) in [6.45, 7) is 2.32. The third kappa shape index (κ3) is 4.91. The molecule has 2 aromatic carbocycles. The molecule has 0 fully saturated rings. The van der Waals surface area contributed by atoms with Gasteiger partial charge in [0.05, 0.1) is 4.90 Å². The van der Waals surface area contributed by atoms with Crippen LogP contribution in [-0.2, 0) is 21.2 Å². The van der Waals surface area contributed by atoms with E-state index in [-0.39, 0.29) is 23.9 Å². The molecule has 0 atom stereocenters. The van der Waals surface area contributed by atoms with E-state index in [2.05, 4.69) is 0 Å². The van der Waals surface area contributed by atoms with Crippen LogP contribution in [0.5, 0.6) is 0 Å². The molecular formula is C19H25N3O3S. The Hall–Kier alpha value is -2.22. The minimum absolute atomic E-state index is 0.117. The topological polar surface area (TPSA) is 83.7 Å². The number of anilines is 1. The molecule has 140 valence electrons. The first kappa shape index (κ1) is 20.1. The maximum atomic E-state index is 12.9. The number of rotatable bonds is 8. The normalized spacial score (nSPS) is 11.5. The number of hydrogen-bond donors (Lipinski definition) is 1. The van der Waals surface area contributed by atoms with E-state index in [1.54, 1.807) is 19.2 Å². The van der Waals surface area contributed by atoms with Gasteiger partial charge in [0, 0.05) is 39.3 Å². The summed E-state index contributed by atoms with van der Waals surface area (Å²) >= 11 is 0. The van der Waals surface area contributed by atoms with Gasteiger partial charge < -0.3 is 10.6 Å². The second kappa shape index (κ2) is 8.93. The van der Waals surface area contributed by atoms with Crippen molar-refractivity contribution in [1.29, 1.82) is 0 Å². The molecule has 0 aliphatic carbocycles. The Balaban J connectivity index is 2.19. The highest BCUT2D eigenvalue weighted by Gasteiger charge is 2.23. The fraction of sp³-hybridized carbons (Fsp3) is 0.316. The highest BCUT2D eigenvalue weighted by molar-refractivity contribution is 7.89. The van der Waals surface area contributed by atoms with Crippen molar-refractivity contribution >= 4 is 21.6 Å². The summed E-state index contributed by atoms with van der Waals surface area (Å²) in [5.41, 5.74) is 7.34. The van der Waals surface area contributed by atoms with Crippen LogP contribution in [0.15, 0.2) is 59.5 Å². The Bertz CT molecular complexity index is 821. The second-order valence-corrected chi connectivity index (χ2v) is 7.94. The molecule has 6 nitrogen and oxygen atoms in total. The van der Waals surface area contributed by atoms with Crippen molar-refractivity contribution in [3.05, 3.63) is 60.2 Å². The summed E-state index contributed by atoms with van der Waals surface area (Å²) in [4.78, 5) is 13.1. The third-order valence-corrected chi connectivity index (χ3v) is 6.12. The number of amides is 1. The van der Waals surface area contributed by atoms with Crippen LogP contribution in [0.4, 0.5) is 5.69 Å². The van der Waals surface area contributed by atoms with Gasteiger partial charge in [-0.15, -0.1) is 0 Å². The quantitative estimate of drug-likeness (QED) is 0.763. The molecule has 0 aromatic heterocycles. The molecule has 0 saturated carbocycles. The summed E-state index contributed by atoms with van der Waals surface area (Å²) < 4.78 is 27.3. The van der Waals surface area contributed by atoms with Crippen molar-refractivity contribution in [3.8, 4) is 0 Å². The monoisotopic (exact) mass is 375 g/mol. The van der Waals surface area contributed by atoms with Gasteiger partial charge in [-0.3, -0.25) is 4.79 Å². The van der Waals surface area contributed by atoms with E-state index in [1.165, 1.54) is 28.3 Å². The first-order valence-electron chi connectivity index (χ1n) is 8.44. The smallest absolute Gasteiger partial charge is 0.243 e. The molecule has 1 amide bonds. The van der Waals surface area contributed by atoms with E-state index >= 15 is 0 Å². The standard InChI is InChI=1S/C19H25N3O3S/c1-16(23)21(2)18-8-10-19(11-9-18)26(24,25)22(15-13-20)14-12-17-6-4-3-5-7-17/h3-11H,12-15,20H2,1-2H3. The minimum atomic E-state index is -3.65. The lowest BCUT2D eigenvalue weighted by Crippen LogP contribution is -2.37. The van der Waals surface area contributed by atoms with Crippen molar-refractivity contribution in [1.82, 2.24) is 4.31 Å². The lowest BCUT2D eigenvalue weighted by atomic mass is 10.1. The molecule has 2 rings (SSSR count). The van der Waals surface area contributed by atoms with Crippen LogP contribution in [0.3, 0.4) is 0 Å². The second-order valence-electron chi connectivity index (χ2n) is 6.00. The molecule has 0 unspecified atom stereocenters. The molecule has 0 heterocycles. The highest BCUT2D eigenvalue weighted by Crippen LogP contribution is 2.20. The lowest BCUT2D eigenvalue weighted by molar-refractivity contribution is -0.116. The number of benzene rings is 2. The SMILES string of the molecule is CC(=O)N(C)c1ccc(S(=O)(=O)N(CCN)CCc2ccccc2)cc1. The number of carbonyl (C=O) groups is 1. The number of nitrogens with two attached hydrogens (primary N) is 1. The molecule has 0 bridgehead atoms. The van der Waals surface area contributed by atoms with Gasteiger partial charge in [-0.05, 0) is 36.2 Å². The van der Waals surface area contributed by atoms with Crippen molar-refractivity contribution in [3.63, 3.8) is 0 Å². The molecular weight excluding hydrogens is 350 g/mol. The summed E-state index contributed by atoms with van der Waals surface area (Å²) in [6, 6.07) is 16.0. The van der Waals surface area contributed by atoms with Gasteiger partial charge in [0.2, 0.25) is 15.9 Å². The van der Waals surface area contributed by atoms with Gasteiger partial charge in [-0.25, -0.2) is 8.42 Å². The van der Waals surface area contributed by atoms with Gasteiger partial charge >= 0.3 is 0 Å². The first-order valence-corrected chi connectivity index (χ1v) is 9.88. The summed E-state index contributed by atoms with van der Waals surface area (Å²) in [5.74, 6) is -0.117. The van der Waals surface area contributed by atoms with Crippen molar-refractivity contribution < 1.29 is 13.2 Å². The van der Waals surface area contributed by atoms with E-state index in [4.69, 9.17) is 5.73 Å². The van der Waals surface area contributed by atoms with Crippen LogP contribution >= 0.6 is 0 Å². The Labute approximate surface area is 155 Å². The largest absolute Gasteiger partial charge is 0.329 e. The minimum Gasteiger partial charge on any atom is -0.329 e. The summed E-state index contributed by atoms with van der Waals surface area (Å²) in [7, 11) is -2.00. The molecule has 2 aromatic rings. The molecule has 26 heavy (non-hydrogen) atoms.